The van der Waals surface area contributed by atoms with Gasteiger partial charge in [0.1, 0.15) is 5.69 Å². The van der Waals surface area contributed by atoms with Gasteiger partial charge in [0.2, 0.25) is 5.95 Å². The van der Waals surface area contributed by atoms with E-state index >= 15 is 0 Å². The van der Waals surface area contributed by atoms with Crippen LogP contribution in [-0.2, 0) is 6.54 Å². The van der Waals surface area contributed by atoms with E-state index in [0.29, 0.717) is 5.69 Å². The number of imidazole rings is 1. The first-order valence-electron chi connectivity index (χ1n) is 7.34. The fourth-order valence-corrected chi connectivity index (χ4v) is 2.91. The largest absolute Gasteiger partial charge is 0.356 e. The number of rotatable bonds is 1. The van der Waals surface area contributed by atoms with E-state index in [2.05, 4.69) is 21.8 Å². The van der Waals surface area contributed by atoms with Gasteiger partial charge in [0, 0.05) is 32.4 Å². The predicted octanol–water partition coefficient (Wildman–Crippen LogP) is 1.96. The molecule has 1 atom stereocenters. The molecule has 1 aromatic heterocycles. The van der Waals surface area contributed by atoms with Crippen molar-refractivity contribution in [1.82, 2.24) is 14.5 Å². The number of hydrogen-bond acceptors (Lipinski definition) is 3. The number of carbonyl (C=O) groups is 1. The van der Waals surface area contributed by atoms with Gasteiger partial charge in [-0.3, -0.25) is 4.79 Å². The van der Waals surface area contributed by atoms with Crippen molar-refractivity contribution >= 4 is 11.9 Å². The zero-order chi connectivity index (χ0) is 13.2. The van der Waals surface area contributed by atoms with Crippen molar-refractivity contribution in [2.75, 3.05) is 25.0 Å². The molecule has 0 aliphatic carbocycles. The topological polar surface area (TPSA) is 50.2 Å². The summed E-state index contributed by atoms with van der Waals surface area (Å²) < 4.78 is 2.05. The Morgan fingerprint density at radius 2 is 2.21 bits per heavy atom. The number of nitrogens with one attached hydrogen (secondary N) is 1. The van der Waals surface area contributed by atoms with Gasteiger partial charge in [-0.2, -0.15) is 0 Å². The first-order valence-corrected chi connectivity index (χ1v) is 7.34. The Morgan fingerprint density at radius 3 is 3.05 bits per heavy atom. The minimum Gasteiger partial charge on any atom is -0.356 e. The Bertz CT molecular complexity index is 445. The number of nitrogens with zero attached hydrogens (tertiary/aromatic N) is 3. The van der Waals surface area contributed by atoms with E-state index in [4.69, 9.17) is 0 Å². The molecule has 2 aliphatic rings. The van der Waals surface area contributed by atoms with Crippen LogP contribution in [0.5, 0.6) is 0 Å². The van der Waals surface area contributed by atoms with Gasteiger partial charge in [-0.15, -0.1) is 0 Å². The molecular formula is C14H22N4O. The fraction of sp³-hybridized carbons (Fsp3) is 0.714. The molecule has 2 aliphatic heterocycles. The minimum atomic E-state index is 0.0952. The summed E-state index contributed by atoms with van der Waals surface area (Å²) in [4.78, 5) is 18.9. The lowest BCUT2D eigenvalue weighted by Crippen LogP contribution is -2.32. The summed E-state index contributed by atoms with van der Waals surface area (Å²) in [5.41, 5.74) is 0.596. The van der Waals surface area contributed by atoms with E-state index in [1.165, 1.54) is 6.42 Å². The third kappa shape index (κ3) is 2.60. The Balaban J connectivity index is 1.74. The van der Waals surface area contributed by atoms with Crippen molar-refractivity contribution in [2.45, 2.75) is 39.2 Å². The van der Waals surface area contributed by atoms with E-state index in [9.17, 15) is 4.79 Å². The van der Waals surface area contributed by atoms with Crippen LogP contribution in [0.25, 0.3) is 0 Å². The Kier molecular flexibility index (Phi) is 3.44. The summed E-state index contributed by atoms with van der Waals surface area (Å²) in [7, 11) is 0. The maximum Gasteiger partial charge on any atom is 0.274 e. The zero-order valence-corrected chi connectivity index (χ0v) is 11.6. The summed E-state index contributed by atoms with van der Waals surface area (Å²) in [5, 5.41) is 3.24. The zero-order valence-electron chi connectivity index (χ0n) is 11.6. The lowest BCUT2D eigenvalue weighted by molar-refractivity contribution is 0.0755. The molecule has 0 saturated carbocycles. The molecule has 1 N–H and O–H groups in total. The van der Waals surface area contributed by atoms with Gasteiger partial charge in [-0.1, -0.05) is 6.92 Å². The second kappa shape index (κ2) is 5.23. The highest BCUT2D eigenvalue weighted by Crippen LogP contribution is 2.20. The van der Waals surface area contributed by atoms with Crippen LogP contribution in [0.1, 0.15) is 43.1 Å². The van der Waals surface area contributed by atoms with Gasteiger partial charge in [-0.05, 0) is 31.6 Å². The third-order valence-electron chi connectivity index (χ3n) is 4.16. The molecule has 104 valence electrons. The van der Waals surface area contributed by atoms with Gasteiger partial charge in [-0.25, -0.2) is 4.98 Å². The molecule has 1 amide bonds. The normalized spacial score (nSPS) is 23.4. The molecule has 1 saturated heterocycles. The quantitative estimate of drug-likeness (QED) is 0.841. The number of hydrogen-bond donors (Lipinski definition) is 1. The summed E-state index contributed by atoms with van der Waals surface area (Å²) in [6.45, 7) is 5.92. The minimum absolute atomic E-state index is 0.0952. The maximum atomic E-state index is 12.5. The van der Waals surface area contributed by atoms with Crippen LogP contribution in [0.4, 0.5) is 5.95 Å². The van der Waals surface area contributed by atoms with Crippen LogP contribution < -0.4 is 5.32 Å². The van der Waals surface area contributed by atoms with Crippen molar-refractivity contribution in [2.24, 2.45) is 5.92 Å². The Morgan fingerprint density at radius 1 is 1.32 bits per heavy atom. The van der Waals surface area contributed by atoms with Crippen molar-refractivity contribution < 1.29 is 4.79 Å². The average molecular weight is 262 g/mol. The number of aryl methyl sites for hydroxylation is 1. The molecule has 19 heavy (non-hydrogen) atoms. The molecule has 0 spiro atoms. The number of aromatic nitrogens is 2. The first kappa shape index (κ1) is 12.5. The predicted molar refractivity (Wildman–Crippen MR) is 74.3 cm³/mol. The van der Waals surface area contributed by atoms with Crippen molar-refractivity contribution in [1.29, 1.82) is 0 Å². The van der Waals surface area contributed by atoms with E-state index in [0.717, 1.165) is 57.3 Å². The van der Waals surface area contributed by atoms with Crippen LogP contribution in [0.15, 0.2) is 6.20 Å². The number of amides is 1. The first-order chi connectivity index (χ1) is 9.24. The number of fused-ring (bicyclic) bond motifs is 1. The van der Waals surface area contributed by atoms with Crippen molar-refractivity contribution in [3.63, 3.8) is 0 Å². The molecule has 0 bridgehead atoms. The second-order valence-corrected chi connectivity index (χ2v) is 5.75. The molecule has 5 nitrogen and oxygen atoms in total. The maximum absolute atomic E-state index is 12.5. The van der Waals surface area contributed by atoms with Crippen LogP contribution in [-0.4, -0.2) is 40.0 Å². The highest BCUT2D eigenvalue weighted by Gasteiger charge is 2.23. The van der Waals surface area contributed by atoms with Gasteiger partial charge >= 0.3 is 0 Å². The van der Waals surface area contributed by atoms with Crippen LogP contribution >= 0.6 is 0 Å². The van der Waals surface area contributed by atoms with Crippen LogP contribution in [0.2, 0.25) is 0 Å². The van der Waals surface area contributed by atoms with Gasteiger partial charge < -0.3 is 14.8 Å². The molecule has 1 fully saturated rings. The highest BCUT2D eigenvalue weighted by atomic mass is 16.2. The highest BCUT2D eigenvalue weighted by molar-refractivity contribution is 5.92. The molecule has 3 rings (SSSR count). The Labute approximate surface area is 114 Å². The second-order valence-electron chi connectivity index (χ2n) is 5.75. The SMILES string of the molecule is CC1CCCN(C(=O)c2cn3c(n2)NCCC3)CC1. The standard InChI is InChI=1S/C14H22N4O/c1-11-4-2-7-17(9-5-11)13(19)12-10-18-8-3-6-15-14(18)16-12/h10-11H,2-9H2,1H3,(H,15,16). The molecule has 3 heterocycles. The van der Waals surface area contributed by atoms with Crippen LogP contribution in [0.3, 0.4) is 0 Å². The molecule has 1 unspecified atom stereocenters. The lowest BCUT2D eigenvalue weighted by atomic mass is 10.0. The number of likely N-dealkylation sites (tertiary alicyclic amines) is 1. The van der Waals surface area contributed by atoms with E-state index < -0.39 is 0 Å². The third-order valence-corrected chi connectivity index (χ3v) is 4.16. The molecule has 0 aromatic carbocycles. The lowest BCUT2D eigenvalue weighted by Gasteiger charge is -2.19. The number of anilines is 1. The summed E-state index contributed by atoms with van der Waals surface area (Å²) in [6.07, 6.45) is 6.44. The summed E-state index contributed by atoms with van der Waals surface area (Å²) in [5.74, 6) is 1.67. The van der Waals surface area contributed by atoms with Gasteiger partial charge in [0.25, 0.3) is 5.91 Å². The van der Waals surface area contributed by atoms with Crippen molar-refractivity contribution in [3.8, 4) is 0 Å². The van der Waals surface area contributed by atoms with Gasteiger partial charge in [0.05, 0.1) is 0 Å². The van der Waals surface area contributed by atoms with E-state index in [-0.39, 0.29) is 5.91 Å². The fourth-order valence-electron chi connectivity index (χ4n) is 2.91. The Hall–Kier alpha value is -1.52. The molecule has 1 aromatic rings. The average Bonchev–Trinajstić information content (AvgIpc) is 2.74. The van der Waals surface area contributed by atoms with Crippen molar-refractivity contribution in [3.05, 3.63) is 11.9 Å². The smallest absolute Gasteiger partial charge is 0.274 e. The van der Waals surface area contributed by atoms with Crippen LogP contribution in [0, 0.1) is 5.92 Å². The van der Waals surface area contributed by atoms with E-state index in [1.54, 1.807) is 0 Å². The molecular weight excluding hydrogens is 240 g/mol. The summed E-state index contributed by atoms with van der Waals surface area (Å²) >= 11 is 0. The summed E-state index contributed by atoms with van der Waals surface area (Å²) in [6, 6.07) is 0. The van der Waals surface area contributed by atoms with E-state index in [1.807, 2.05) is 11.1 Å². The number of carbonyl (C=O) groups excluding carboxylic acids is 1. The molecule has 0 radical (unpaired) electrons. The van der Waals surface area contributed by atoms with Gasteiger partial charge in [0.15, 0.2) is 0 Å². The monoisotopic (exact) mass is 262 g/mol. The molecule has 5 heteroatoms.